The number of carbonyl (C=O) groups is 1. The Balaban J connectivity index is 2.23. The van der Waals surface area contributed by atoms with E-state index in [1.165, 1.54) is 20.2 Å². The molecule has 0 aliphatic rings. The molecule has 148 valence electrons. The summed E-state index contributed by atoms with van der Waals surface area (Å²) < 4.78 is 73.0. The van der Waals surface area contributed by atoms with E-state index >= 15 is 0 Å². The summed E-state index contributed by atoms with van der Waals surface area (Å²) in [4.78, 5) is 23.0. The van der Waals surface area contributed by atoms with Gasteiger partial charge in [-0.15, -0.1) is 27.1 Å². The molecule has 0 aliphatic carbocycles. The van der Waals surface area contributed by atoms with E-state index in [-0.39, 0.29) is 18.0 Å². The van der Waals surface area contributed by atoms with Crippen LogP contribution in [0.15, 0.2) is 34.0 Å². The third-order valence-corrected chi connectivity index (χ3v) is 5.37. The number of benzene rings is 1. The van der Waals surface area contributed by atoms with Gasteiger partial charge in [0.2, 0.25) is 0 Å². The average molecular weight is 428 g/mol. The summed E-state index contributed by atoms with van der Waals surface area (Å²) in [6.07, 6.45) is -5.12. The summed E-state index contributed by atoms with van der Waals surface area (Å²) in [5.41, 5.74) is -0.913. The predicted octanol–water partition coefficient (Wildman–Crippen LogP) is 1.08. The van der Waals surface area contributed by atoms with E-state index in [1.54, 1.807) is 4.13 Å². The van der Waals surface area contributed by atoms with Gasteiger partial charge in [-0.25, -0.2) is 17.8 Å². The van der Waals surface area contributed by atoms with Crippen LogP contribution in [0.1, 0.15) is 0 Å². The maximum Gasteiger partial charge on any atom is 0.573 e. The number of aromatic nitrogens is 3. The molecule has 1 heterocycles. The standard InChI is InChI=1S/C12H11F3N4O6S2/c1-18-9(24-2)16-19(10(18)20)11(21)26-17-27(22,23)8-6-4-3-5-7(8)25-12(13,14)15/h3-6,17H,1-2H3. The minimum Gasteiger partial charge on any atom is -0.467 e. The van der Waals surface area contributed by atoms with Gasteiger partial charge in [-0.1, -0.05) is 12.1 Å². The van der Waals surface area contributed by atoms with E-state index in [1.807, 2.05) is 0 Å². The Kier molecular flexibility index (Phi) is 5.86. The number of alkyl halides is 3. The van der Waals surface area contributed by atoms with Crippen molar-refractivity contribution in [2.24, 2.45) is 7.05 Å². The van der Waals surface area contributed by atoms with Crippen LogP contribution >= 0.6 is 11.9 Å². The molecule has 0 radical (unpaired) electrons. The Labute approximate surface area is 154 Å². The number of para-hydroxylation sites is 1. The quantitative estimate of drug-likeness (QED) is 0.703. The first kappa shape index (κ1) is 20.8. The lowest BCUT2D eigenvalue weighted by Crippen LogP contribution is -2.29. The Bertz CT molecular complexity index is 1010. The van der Waals surface area contributed by atoms with Crippen molar-refractivity contribution in [3.63, 3.8) is 0 Å². The second-order valence-electron chi connectivity index (χ2n) is 4.69. The maximum absolute atomic E-state index is 12.4. The van der Waals surface area contributed by atoms with Crippen molar-refractivity contribution in [1.82, 2.24) is 18.5 Å². The number of hydrogen-bond acceptors (Lipinski definition) is 8. The smallest absolute Gasteiger partial charge is 0.467 e. The number of rotatable bonds is 5. The second-order valence-corrected chi connectivity index (χ2v) is 7.36. The van der Waals surface area contributed by atoms with Crippen LogP contribution in [0.2, 0.25) is 0 Å². The van der Waals surface area contributed by atoms with Crippen LogP contribution in [0, 0.1) is 0 Å². The van der Waals surface area contributed by atoms with Gasteiger partial charge >= 0.3 is 23.3 Å². The Morgan fingerprint density at radius 1 is 1.30 bits per heavy atom. The number of halogens is 3. The highest BCUT2D eigenvalue weighted by Gasteiger charge is 2.34. The van der Waals surface area contributed by atoms with Gasteiger partial charge in [0.05, 0.1) is 7.11 Å². The van der Waals surface area contributed by atoms with Gasteiger partial charge < -0.3 is 9.47 Å². The van der Waals surface area contributed by atoms with E-state index in [0.29, 0.717) is 4.68 Å². The molecule has 27 heavy (non-hydrogen) atoms. The Hall–Kier alpha value is -2.52. The van der Waals surface area contributed by atoms with Gasteiger partial charge in [0.25, 0.3) is 10.0 Å². The van der Waals surface area contributed by atoms with Crippen LogP contribution in [0.3, 0.4) is 0 Å². The number of nitrogens with one attached hydrogen (secondary N) is 1. The molecule has 0 aliphatic heterocycles. The van der Waals surface area contributed by atoms with E-state index in [2.05, 4.69) is 9.84 Å². The van der Waals surface area contributed by atoms with Crippen molar-refractivity contribution in [2.45, 2.75) is 11.3 Å². The van der Waals surface area contributed by atoms with Crippen molar-refractivity contribution >= 4 is 27.2 Å². The summed E-state index contributed by atoms with van der Waals surface area (Å²) in [6, 6.07) is 3.74. The van der Waals surface area contributed by atoms with Crippen molar-refractivity contribution in [2.75, 3.05) is 7.11 Å². The third-order valence-electron chi connectivity index (χ3n) is 2.90. The van der Waals surface area contributed by atoms with E-state index in [0.717, 1.165) is 22.8 Å². The summed E-state index contributed by atoms with van der Waals surface area (Å²) in [5.74, 6) is -0.984. The normalized spacial score (nSPS) is 12.0. The number of ether oxygens (including phenoxy) is 2. The summed E-state index contributed by atoms with van der Waals surface area (Å²) in [6.45, 7) is 0. The van der Waals surface area contributed by atoms with E-state index in [4.69, 9.17) is 4.74 Å². The topological polar surface area (TPSA) is 122 Å². The van der Waals surface area contributed by atoms with Crippen LogP contribution < -0.4 is 19.3 Å². The molecule has 0 bridgehead atoms. The monoisotopic (exact) mass is 428 g/mol. The minimum atomic E-state index is -5.12. The van der Waals surface area contributed by atoms with Crippen molar-refractivity contribution in [3.05, 3.63) is 34.7 Å². The maximum atomic E-state index is 12.4. The highest BCUT2D eigenvalue weighted by molar-refractivity contribution is 8.19. The second kappa shape index (κ2) is 7.61. The molecule has 0 saturated carbocycles. The van der Waals surface area contributed by atoms with Gasteiger partial charge in [0, 0.05) is 19.0 Å². The third kappa shape index (κ3) is 4.81. The number of nitrogens with zero attached hydrogens (tertiary/aromatic N) is 3. The van der Waals surface area contributed by atoms with Crippen molar-refractivity contribution in [3.8, 4) is 11.8 Å². The SMILES string of the molecule is COc1nn(C(=O)SNS(=O)(=O)c2ccccc2OC(F)(F)F)c(=O)n1C. The number of sulfonamides is 1. The largest absolute Gasteiger partial charge is 0.573 e. The van der Waals surface area contributed by atoms with Gasteiger partial charge in [-0.3, -0.25) is 4.79 Å². The molecule has 0 spiro atoms. The summed E-state index contributed by atoms with van der Waals surface area (Å²) in [5, 5.41) is 2.38. The predicted molar refractivity (Wildman–Crippen MR) is 85.9 cm³/mol. The molecule has 0 fully saturated rings. The molecule has 2 rings (SSSR count). The number of methoxy groups -OCH3 is 1. The first-order chi connectivity index (χ1) is 12.5. The molecule has 2 aromatic rings. The molecular weight excluding hydrogens is 417 g/mol. The fraction of sp³-hybridized carbons (Fsp3) is 0.250. The zero-order chi connectivity index (χ0) is 20.4. The number of carbonyl (C=O) groups excluding carboxylic acids is 1. The van der Waals surface area contributed by atoms with E-state index < -0.39 is 38.0 Å². The zero-order valence-corrected chi connectivity index (χ0v) is 15.2. The van der Waals surface area contributed by atoms with Crippen LogP contribution in [-0.4, -0.2) is 41.5 Å². The molecular formula is C12H11F3N4O6S2. The summed E-state index contributed by atoms with van der Waals surface area (Å²) in [7, 11) is -2.14. The molecule has 0 unspecified atom stereocenters. The van der Waals surface area contributed by atoms with Gasteiger partial charge in [-0.05, 0) is 12.1 Å². The Morgan fingerprint density at radius 2 is 1.93 bits per heavy atom. The van der Waals surface area contributed by atoms with E-state index in [9.17, 15) is 31.2 Å². The van der Waals surface area contributed by atoms with Gasteiger partial charge in [0.1, 0.15) is 10.6 Å². The highest BCUT2D eigenvalue weighted by Crippen LogP contribution is 2.29. The van der Waals surface area contributed by atoms with Crippen molar-refractivity contribution in [1.29, 1.82) is 0 Å². The number of hydrogen-bond donors (Lipinski definition) is 1. The lowest BCUT2D eigenvalue weighted by molar-refractivity contribution is -0.275. The molecule has 15 heteroatoms. The first-order valence-electron chi connectivity index (χ1n) is 6.74. The van der Waals surface area contributed by atoms with Gasteiger partial charge in [0.15, 0.2) is 0 Å². The van der Waals surface area contributed by atoms with Crippen LogP contribution in [0.25, 0.3) is 0 Å². The van der Waals surface area contributed by atoms with Crippen LogP contribution in [0.4, 0.5) is 18.0 Å². The zero-order valence-electron chi connectivity index (χ0n) is 13.6. The van der Waals surface area contributed by atoms with Crippen molar-refractivity contribution < 1.29 is 35.9 Å². The molecule has 0 amide bonds. The fourth-order valence-electron chi connectivity index (χ4n) is 1.78. The van der Waals surface area contributed by atoms with Crippen LogP contribution in [-0.2, 0) is 17.1 Å². The fourth-order valence-corrected chi connectivity index (χ4v) is 3.70. The lowest BCUT2D eigenvalue weighted by atomic mass is 10.3. The first-order valence-corrected chi connectivity index (χ1v) is 9.04. The molecule has 10 nitrogen and oxygen atoms in total. The molecule has 1 aromatic heterocycles. The molecule has 0 saturated heterocycles. The highest BCUT2D eigenvalue weighted by atomic mass is 32.3. The average Bonchev–Trinajstić information content (AvgIpc) is 2.87. The summed E-state index contributed by atoms with van der Waals surface area (Å²) >= 11 is -0.0774. The Morgan fingerprint density at radius 3 is 2.48 bits per heavy atom. The van der Waals surface area contributed by atoms with Crippen LogP contribution in [0.5, 0.6) is 11.8 Å². The van der Waals surface area contributed by atoms with Gasteiger partial charge in [-0.2, -0.15) is 0 Å². The molecule has 0 atom stereocenters. The lowest BCUT2D eigenvalue weighted by Gasteiger charge is -2.13. The molecule has 1 aromatic carbocycles. The minimum absolute atomic E-state index is 0.0774. The molecule has 1 N–H and O–H groups in total.